The molecule has 19 unspecified atom stereocenters. The van der Waals surface area contributed by atoms with Crippen molar-refractivity contribution in [3.63, 3.8) is 0 Å². The minimum absolute atomic E-state index is 0. The van der Waals surface area contributed by atoms with Gasteiger partial charge in [-0.15, -0.1) is 0 Å². The summed E-state index contributed by atoms with van der Waals surface area (Å²) < 4.78 is 35.4. The Labute approximate surface area is 546 Å². The molecular formula is C78H150O10. The summed E-state index contributed by atoms with van der Waals surface area (Å²) in [7, 11) is 0. The highest BCUT2D eigenvalue weighted by molar-refractivity contribution is 5.77. The molecule has 0 aliphatic heterocycles. The Hall–Kier alpha value is -2.20. The fourth-order valence-corrected chi connectivity index (χ4v) is 18.7. The highest BCUT2D eigenvalue weighted by Crippen LogP contribution is 2.72. The van der Waals surface area contributed by atoms with E-state index in [4.69, 9.17) is 28.4 Å². The van der Waals surface area contributed by atoms with Gasteiger partial charge in [-0.2, -0.15) is 0 Å². The van der Waals surface area contributed by atoms with Crippen LogP contribution in [0.25, 0.3) is 0 Å². The van der Waals surface area contributed by atoms with Crippen molar-refractivity contribution in [1.29, 1.82) is 0 Å². The second kappa shape index (κ2) is 33.3. The van der Waals surface area contributed by atoms with Gasteiger partial charge in [-0.1, -0.05) is 115 Å². The molecule has 10 nitrogen and oxygen atoms in total. The van der Waals surface area contributed by atoms with Crippen molar-refractivity contribution in [2.45, 2.75) is 361 Å². The van der Waals surface area contributed by atoms with Crippen molar-refractivity contribution < 1.29 is 47.6 Å². The second-order valence-electron chi connectivity index (χ2n) is 31.9. The van der Waals surface area contributed by atoms with E-state index in [1.165, 1.54) is 89.9 Å². The van der Waals surface area contributed by atoms with Gasteiger partial charge in [0, 0.05) is 5.92 Å². The van der Waals surface area contributed by atoms with Gasteiger partial charge in [-0.3, -0.25) is 19.2 Å². The lowest BCUT2D eigenvalue weighted by molar-refractivity contribution is -0.202. The smallest absolute Gasteiger partial charge is 0.313 e. The molecule has 0 heterocycles. The van der Waals surface area contributed by atoms with Crippen LogP contribution in [0.5, 0.6) is 0 Å². The standard InChI is InChI=1S/C21H34O2.C20H32O3.C15H26O3.C14H26O2.8CH4/c1-6-20(4,5)19(22)23-21(12(2)3)11-15-10-16(21)18-14-8-7-13(9-14)17(15)18;1-5-20(3,4)19(21)23-11(2)22-16-10-14-9-15(16)18-13-7-6-12(8-13)17(14)18;1-5-15(3,4)14(16)18-10(2)17-13-9-11-6-7-12(13)8-11;1-6-13(4,5)12(15)16-14(11(2)3)9-7-8-10-14;;;;;;;;/h12-18H,6-11H2,1-5H3;11-18H,5-10H2,1-4H3;10-13H,5-9H2,1-4H3;11H,6-10H2,1-5H3;8*1H4. The first-order valence-electron chi connectivity index (χ1n) is 33.7. The number of ether oxygens (including phenoxy) is 6. The number of esters is 4. The minimum Gasteiger partial charge on any atom is -0.458 e. The number of carbonyl (C=O) groups is 4. The van der Waals surface area contributed by atoms with Crippen LogP contribution in [0.2, 0.25) is 0 Å². The first-order valence-corrected chi connectivity index (χ1v) is 33.7. The molecule has 0 N–H and O–H groups in total. The molecule has 11 saturated carbocycles. The zero-order valence-electron chi connectivity index (χ0n) is 54.2. The lowest BCUT2D eigenvalue weighted by Crippen LogP contribution is -2.52. The van der Waals surface area contributed by atoms with Crippen LogP contribution in [0.4, 0.5) is 0 Å². The van der Waals surface area contributed by atoms with Crippen molar-refractivity contribution in [3.8, 4) is 0 Å². The number of rotatable bonds is 18. The van der Waals surface area contributed by atoms with Gasteiger partial charge in [0.15, 0.2) is 12.6 Å². The van der Waals surface area contributed by atoms with Crippen molar-refractivity contribution in [3.05, 3.63) is 0 Å². The molecule has 0 radical (unpaired) electrons. The Morgan fingerprint density at radius 3 is 1.24 bits per heavy atom. The van der Waals surface area contributed by atoms with E-state index in [1.807, 2.05) is 90.0 Å². The molecule has 19 atom stereocenters. The maximum absolute atomic E-state index is 12.9. The van der Waals surface area contributed by atoms with Gasteiger partial charge in [-0.05, 0) is 299 Å². The molecule has 0 aromatic carbocycles. The van der Waals surface area contributed by atoms with Crippen LogP contribution in [-0.4, -0.2) is 59.9 Å². The zero-order chi connectivity index (χ0) is 58.7. The number of hydrogen-bond acceptors (Lipinski definition) is 10. The largest absolute Gasteiger partial charge is 0.458 e. The SMILES string of the molecule is C.C.C.C.C.C.C.C.CCC(C)(C)C(=O)OC(C)OC1CC2CC1C1C3CCC(C3)C21.CCC(C)(C)C(=O)OC(C)OC1CC2CCC1C2.CCC(C)(C)C(=O)OC1(C(C)C)CC2CC1C1C3CCC(C3)C21.CCC(C)(C)C(=O)OC1(C(C)C)CCCC1. The number of carbonyl (C=O) groups excluding carboxylic acids is 4. The van der Waals surface area contributed by atoms with Crippen molar-refractivity contribution >= 4 is 23.9 Å². The summed E-state index contributed by atoms with van der Waals surface area (Å²) >= 11 is 0. The molecule has 522 valence electrons. The van der Waals surface area contributed by atoms with Gasteiger partial charge < -0.3 is 28.4 Å². The topological polar surface area (TPSA) is 124 Å². The predicted molar refractivity (Wildman–Crippen MR) is 370 cm³/mol. The molecule has 0 saturated heterocycles. The third kappa shape index (κ3) is 17.2. The molecular weight excluding hydrogens is 1100 g/mol. The van der Waals surface area contributed by atoms with Gasteiger partial charge in [-0.25, -0.2) is 0 Å². The molecule has 10 heteroatoms. The van der Waals surface area contributed by atoms with Gasteiger partial charge in [0.25, 0.3) is 0 Å². The Kier molecular flexibility index (Phi) is 32.4. The monoisotopic (exact) mass is 1250 g/mol. The second-order valence-corrected chi connectivity index (χ2v) is 31.9. The van der Waals surface area contributed by atoms with E-state index >= 15 is 0 Å². The molecule has 0 spiro atoms. The number of hydrogen-bond donors (Lipinski definition) is 0. The summed E-state index contributed by atoms with van der Waals surface area (Å²) in [6.45, 7) is 36.5. The van der Waals surface area contributed by atoms with Gasteiger partial charge in [0.05, 0.1) is 33.9 Å². The first kappa shape index (κ1) is 85.8. The molecule has 0 amide bonds. The van der Waals surface area contributed by atoms with E-state index in [1.54, 1.807) is 0 Å². The fraction of sp³-hybridized carbons (Fsp3) is 0.949. The summed E-state index contributed by atoms with van der Waals surface area (Å²) in [5, 5.41) is 0. The maximum atomic E-state index is 12.9. The van der Waals surface area contributed by atoms with E-state index in [2.05, 4.69) is 34.6 Å². The Morgan fingerprint density at radius 2 is 0.818 bits per heavy atom. The average molecular weight is 1250 g/mol. The normalized spacial score (nSPS) is 34.5. The summed E-state index contributed by atoms with van der Waals surface area (Å²) in [4.78, 5) is 49.2. The third-order valence-corrected chi connectivity index (χ3v) is 25.3. The quantitative estimate of drug-likeness (QED) is 0.0567. The summed E-state index contributed by atoms with van der Waals surface area (Å²) in [5.74, 6) is 13.0. The Bertz CT molecular complexity index is 2130. The van der Waals surface area contributed by atoms with Crippen LogP contribution < -0.4 is 0 Å². The molecule has 11 fully saturated rings. The molecule has 10 bridgehead atoms. The van der Waals surface area contributed by atoms with Crippen LogP contribution in [0.15, 0.2) is 0 Å². The van der Waals surface area contributed by atoms with E-state index in [0.29, 0.717) is 35.9 Å². The van der Waals surface area contributed by atoms with E-state index < -0.39 is 23.4 Å². The van der Waals surface area contributed by atoms with Gasteiger partial charge in [0.2, 0.25) is 0 Å². The molecule has 0 aromatic rings. The average Bonchev–Trinajstić information content (AvgIpc) is 1.55. The predicted octanol–water partition coefficient (Wildman–Crippen LogP) is 22.0. The highest BCUT2D eigenvalue weighted by atomic mass is 16.7. The van der Waals surface area contributed by atoms with Gasteiger partial charge in [0.1, 0.15) is 11.2 Å². The van der Waals surface area contributed by atoms with E-state index in [0.717, 1.165) is 122 Å². The third-order valence-electron chi connectivity index (χ3n) is 25.3. The van der Waals surface area contributed by atoms with Crippen LogP contribution in [0.1, 0.15) is 325 Å². The first-order chi connectivity index (χ1) is 37.5. The van der Waals surface area contributed by atoms with Crippen molar-refractivity contribution in [2.24, 2.45) is 116 Å². The van der Waals surface area contributed by atoms with E-state index in [-0.39, 0.29) is 105 Å². The van der Waals surface area contributed by atoms with Crippen LogP contribution >= 0.6 is 0 Å². The van der Waals surface area contributed by atoms with Crippen LogP contribution in [-0.2, 0) is 47.6 Å². The summed E-state index contributed by atoms with van der Waals surface area (Å²) in [6, 6.07) is 0. The van der Waals surface area contributed by atoms with Crippen molar-refractivity contribution in [1.82, 2.24) is 0 Å². The molecule has 11 aliphatic rings. The highest BCUT2D eigenvalue weighted by Gasteiger charge is 2.69. The lowest BCUT2D eigenvalue weighted by Gasteiger charge is -2.49. The summed E-state index contributed by atoms with van der Waals surface area (Å²) in [5.41, 5.74) is -1.86. The lowest BCUT2D eigenvalue weighted by atomic mass is 9.63. The van der Waals surface area contributed by atoms with E-state index in [9.17, 15) is 19.2 Å². The zero-order valence-corrected chi connectivity index (χ0v) is 54.2. The van der Waals surface area contributed by atoms with Crippen molar-refractivity contribution in [2.75, 3.05) is 0 Å². The maximum Gasteiger partial charge on any atom is 0.313 e. The summed E-state index contributed by atoms with van der Waals surface area (Å²) in [6.07, 6.45) is 26.5. The minimum atomic E-state index is -0.415. The van der Waals surface area contributed by atoms with Gasteiger partial charge >= 0.3 is 23.9 Å². The van der Waals surface area contributed by atoms with Crippen LogP contribution in [0.3, 0.4) is 0 Å². The Balaban J connectivity index is 0.00000113. The number of fused-ring (bicyclic) bond motifs is 20. The molecule has 88 heavy (non-hydrogen) atoms. The fourth-order valence-electron chi connectivity index (χ4n) is 18.7. The molecule has 11 rings (SSSR count). The Morgan fingerprint density at radius 1 is 0.409 bits per heavy atom. The molecule has 0 aromatic heterocycles. The molecule has 11 aliphatic carbocycles. The van der Waals surface area contributed by atoms with Crippen LogP contribution in [0, 0.1) is 116 Å².